The predicted octanol–water partition coefficient (Wildman–Crippen LogP) is 5.36. The Morgan fingerprint density at radius 1 is 0.946 bits per heavy atom. The summed E-state index contributed by atoms with van der Waals surface area (Å²) in [5.41, 5.74) is 8.33. The average Bonchev–Trinajstić information content (AvgIpc) is 2.86. The first kappa shape index (κ1) is 27.5. The third-order valence-electron chi connectivity index (χ3n) is 5.29. The SMILES string of the molecule is CCOc1ccc(NC(=S)N/N=C\c2ccc(OCC(=O)Nc3c(C)cc(C)cc3C)c(OC)c2)cc1. The number of aryl methyl sites for hydroxylation is 3. The van der Waals surface area contributed by atoms with Crippen molar-refractivity contribution in [2.75, 3.05) is 31.0 Å². The molecule has 0 aliphatic rings. The van der Waals surface area contributed by atoms with Crippen LogP contribution in [-0.4, -0.2) is 37.6 Å². The van der Waals surface area contributed by atoms with E-state index in [2.05, 4.69) is 21.2 Å². The third-order valence-corrected chi connectivity index (χ3v) is 5.48. The molecule has 8 nitrogen and oxygen atoms in total. The normalized spacial score (nSPS) is 10.6. The standard InChI is InChI=1S/C28H32N4O4S/c1-6-35-23-10-8-22(9-11-23)30-28(37)32-29-16-21-7-12-24(25(15-21)34-5)36-17-26(33)31-27-19(3)13-18(2)14-20(27)4/h7-16H,6,17H2,1-5H3,(H,31,33)(H2,30,32,37)/b29-16-. The first-order valence-electron chi connectivity index (χ1n) is 11.8. The van der Waals surface area contributed by atoms with Gasteiger partial charge in [0, 0.05) is 11.4 Å². The zero-order chi connectivity index (χ0) is 26.8. The molecule has 0 unspecified atom stereocenters. The molecule has 37 heavy (non-hydrogen) atoms. The van der Waals surface area contributed by atoms with Crippen molar-refractivity contribution < 1.29 is 19.0 Å². The molecule has 0 radical (unpaired) electrons. The minimum absolute atomic E-state index is 0.149. The van der Waals surface area contributed by atoms with Crippen molar-refractivity contribution >= 4 is 40.8 Å². The second-order valence-corrected chi connectivity index (χ2v) is 8.71. The highest BCUT2D eigenvalue weighted by molar-refractivity contribution is 7.80. The minimum Gasteiger partial charge on any atom is -0.494 e. The summed E-state index contributed by atoms with van der Waals surface area (Å²) < 4.78 is 16.6. The maximum absolute atomic E-state index is 12.5. The number of ether oxygens (including phenoxy) is 3. The van der Waals surface area contributed by atoms with Gasteiger partial charge in [-0.25, -0.2) is 0 Å². The molecule has 0 atom stereocenters. The highest BCUT2D eigenvalue weighted by Gasteiger charge is 2.11. The number of carbonyl (C=O) groups is 1. The Morgan fingerprint density at radius 3 is 2.30 bits per heavy atom. The summed E-state index contributed by atoms with van der Waals surface area (Å²) in [7, 11) is 1.54. The van der Waals surface area contributed by atoms with Crippen LogP contribution in [0.15, 0.2) is 59.7 Å². The fourth-order valence-electron chi connectivity index (χ4n) is 3.71. The van der Waals surface area contributed by atoms with Crippen molar-refractivity contribution in [2.24, 2.45) is 5.10 Å². The van der Waals surface area contributed by atoms with Crippen molar-refractivity contribution in [3.63, 3.8) is 0 Å². The minimum atomic E-state index is -0.250. The first-order valence-corrected chi connectivity index (χ1v) is 12.2. The lowest BCUT2D eigenvalue weighted by Gasteiger charge is -2.14. The number of hydrogen-bond acceptors (Lipinski definition) is 6. The molecule has 0 bridgehead atoms. The molecule has 3 N–H and O–H groups in total. The van der Waals surface area contributed by atoms with Gasteiger partial charge in [-0.2, -0.15) is 5.10 Å². The monoisotopic (exact) mass is 520 g/mol. The molecule has 1 amide bonds. The molecule has 0 saturated carbocycles. The smallest absolute Gasteiger partial charge is 0.262 e. The van der Waals surface area contributed by atoms with Gasteiger partial charge in [-0.15, -0.1) is 0 Å². The van der Waals surface area contributed by atoms with E-state index >= 15 is 0 Å². The largest absolute Gasteiger partial charge is 0.494 e. The van der Waals surface area contributed by atoms with Crippen LogP contribution in [0, 0.1) is 20.8 Å². The summed E-state index contributed by atoms with van der Waals surface area (Å²) in [4.78, 5) is 12.5. The molecular weight excluding hydrogens is 488 g/mol. The maximum Gasteiger partial charge on any atom is 0.262 e. The highest BCUT2D eigenvalue weighted by Crippen LogP contribution is 2.28. The molecule has 9 heteroatoms. The van der Waals surface area contributed by atoms with Crippen molar-refractivity contribution in [1.82, 2.24) is 5.43 Å². The fraction of sp³-hybridized carbons (Fsp3) is 0.250. The third kappa shape index (κ3) is 8.22. The molecule has 0 aliphatic heterocycles. The second-order valence-electron chi connectivity index (χ2n) is 8.30. The van der Waals surface area contributed by atoms with Crippen molar-refractivity contribution in [3.05, 3.63) is 76.9 Å². The molecule has 194 valence electrons. The topological polar surface area (TPSA) is 93.2 Å². The van der Waals surface area contributed by atoms with Gasteiger partial charge < -0.3 is 24.8 Å². The molecular formula is C28H32N4O4S. The number of benzene rings is 3. The molecule has 3 aromatic carbocycles. The number of methoxy groups -OCH3 is 1. The maximum atomic E-state index is 12.5. The summed E-state index contributed by atoms with van der Waals surface area (Å²) in [5.74, 6) is 1.48. The number of thiocarbonyl (C=S) groups is 1. The number of amides is 1. The van der Waals surface area contributed by atoms with Gasteiger partial charge in [0.2, 0.25) is 0 Å². The van der Waals surface area contributed by atoms with E-state index in [-0.39, 0.29) is 12.5 Å². The Morgan fingerprint density at radius 2 is 1.65 bits per heavy atom. The summed E-state index contributed by atoms with van der Waals surface area (Å²) in [5, 5.41) is 10.5. The van der Waals surface area contributed by atoms with Crippen LogP contribution in [-0.2, 0) is 4.79 Å². The molecule has 0 saturated heterocycles. The van der Waals surface area contributed by atoms with E-state index in [4.69, 9.17) is 26.4 Å². The molecule has 0 spiro atoms. The van der Waals surface area contributed by atoms with E-state index in [0.29, 0.717) is 23.2 Å². The van der Waals surface area contributed by atoms with Gasteiger partial charge in [0.1, 0.15) is 5.75 Å². The quantitative estimate of drug-likeness (QED) is 0.188. The summed E-state index contributed by atoms with van der Waals surface area (Å²) in [6, 6.07) is 16.8. The Bertz CT molecular complexity index is 1250. The van der Waals surface area contributed by atoms with Crippen molar-refractivity contribution in [1.29, 1.82) is 0 Å². The van der Waals surface area contributed by atoms with Crippen LogP contribution >= 0.6 is 12.2 Å². The van der Waals surface area contributed by atoms with Crippen molar-refractivity contribution in [2.45, 2.75) is 27.7 Å². The van der Waals surface area contributed by atoms with E-state index in [1.165, 1.54) is 7.11 Å². The van der Waals surface area contributed by atoms with Gasteiger partial charge in [-0.3, -0.25) is 10.2 Å². The Labute approximate surface area is 223 Å². The summed E-state index contributed by atoms with van der Waals surface area (Å²) in [6.07, 6.45) is 1.61. The molecule has 3 rings (SSSR count). The first-order chi connectivity index (χ1) is 17.8. The predicted molar refractivity (Wildman–Crippen MR) is 152 cm³/mol. The number of carbonyl (C=O) groups excluding carboxylic acids is 1. The van der Waals surface area contributed by atoms with Crippen molar-refractivity contribution in [3.8, 4) is 17.2 Å². The number of hydrazone groups is 1. The zero-order valence-electron chi connectivity index (χ0n) is 21.7. The highest BCUT2D eigenvalue weighted by atomic mass is 32.1. The van der Waals surface area contributed by atoms with E-state index in [1.54, 1.807) is 24.4 Å². The van der Waals surface area contributed by atoms with Crippen LogP contribution in [0.1, 0.15) is 29.2 Å². The summed E-state index contributed by atoms with van der Waals surface area (Å²) in [6.45, 7) is 8.37. The van der Waals surface area contributed by atoms with Crippen LogP contribution in [0.3, 0.4) is 0 Å². The van der Waals surface area contributed by atoms with Gasteiger partial charge in [-0.1, -0.05) is 17.7 Å². The van der Waals surface area contributed by atoms with Gasteiger partial charge in [0.05, 0.1) is 19.9 Å². The van der Waals surface area contributed by atoms with E-state index in [9.17, 15) is 4.79 Å². The number of rotatable bonds is 10. The van der Waals surface area contributed by atoms with Gasteiger partial charge in [0.15, 0.2) is 23.2 Å². The van der Waals surface area contributed by atoms with Crippen LogP contribution in [0.4, 0.5) is 11.4 Å². The Hall–Kier alpha value is -4.11. The lowest BCUT2D eigenvalue weighted by Crippen LogP contribution is -2.23. The lowest BCUT2D eigenvalue weighted by atomic mass is 10.1. The average molecular weight is 521 g/mol. The number of nitrogens with zero attached hydrogens (tertiary/aromatic N) is 1. The zero-order valence-corrected chi connectivity index (χ0v) is 22.5. The lowest BCUT2D eigenvalue weighted by molar-refractivity contribution is -0.118. The van der Waals surface area contributed by atoms with Crippen LogP contribution in [0.5, 0.6) is 17.2 Å². The van der Waals surface area contributed by atoms with Gasteiger partial charge in [-0.05, 0) is 99.1 Å². The number of hydrogen-bond donors (Lipinski definition) is 3. The fourth-order valence-corrected chi connectivity index (χ4v) is 3.88. The Kier molecular flexibility index (Phi) is 9.85. The number of nitrogens with one attached hydrogen (secondary N) is 3. The second kappa shape index (κ2) is 13.3. The molecule has 0 heterocycles. The summed E-state index contributed by atoms with van der Waals surface area (Å²) >= 11 is 5.28. The van der Waals surface area contributed by atoms with Crippen LogP contribution < -0.4 is 30.3 Å². The van der Waals surface area contributed by atoms with E-state index < -0.39 is 0 Å². The molecule has 0 aromatic heterocycles. The molecule has 0 aliphatic carbocycles. The van der Waals surface area contributed by atoms with Crippen LogP contribution in [0.25, 0.3) is 0 Å². The molecule has 0 fully saturated rings. The van der Waals surface area contributed by atoms with Gasteiger partial charge in [0.25, 0.3) is 5.91 Å². The number of anilines is 2. The van der Waals surface area contributed by atoms with Crippen LogP contribution in [0.2, 0.25) is 0 Å². The van der Waals surface area contributed by atoms with E-state index in [0.717, 1.165) is 39.4 Å². The van der Waals surface area contributed by atoms with Gasteiger partial charge >= 0.3 is 0 Å². The Balaban J connectivity index is 1.53. The molecule has 3 aromatic rings. The van der Waals surface area contributed by atoms with E-state index in [1.807, 2.05) is 64.1 Å².